The summed E-state index contributed by atoms with van der Waals surface area (Å²) in [6, 6.07) is 15.4. The van der Waals surface area contributed by atoms with Gasteiger partial charge in [-0.2, -0.15) is 0 Å². The van der Waals surface area contributed by atoms with Gasteiger partial charge in [-0.15, -0.1) is 0 Å². The minimum Gasteiger partial charge on any atom is -0.388 e. The van der Waals surface area contributed by atoms with Crippen molar-refractivity contribution in [2.45, 2.75) is 31.8 Å². The maximum atomic E-state index is 12.5. The van der Waals surface area contributed by atoms with Crippen LogP contribution in [0.25, 0.3) is 0 Å². The zero-order valence-electron chi connectivity index (χ0n) is 15.2. The number of benzene rings is 2. The molecule has 4 rings (SSSR count). The molecule has 140 valence electrons. The Labute approximate surface area is 163 Å². The largest absolute Gasteiger partial charge is 0.388 e. The Kier molecular flexibility index (Phi) is 4.79. The van der Waals surface area contributed by atoms with Gasteiger partial charge in [0.1, 0.15) is 5.60 Å². The molecule has 2 amide bonds. The highest BCUT2D eigenvalue weighted by molar-refractivity contribution is 6.30. The lowest BCUT2D eigenvalue weighted by Crippen LogP contribution is -2.48. The average Bonchev–Trinajstić information content (AvgIpc) is 3.06. The number of anilines is 1. The van der Waals surface area contributed by atoms with Crippen LogP contribution in [-0.2, 0) is 4.84 Å². The number of nitrogens with zero attached hydrogens (tertiary/aromatic N) is 2. The lowest BCUT2D eigenvalue weighted by Gasteiger charge is -2.37. The number of likely N-dealkylation sites (tertiary alicyclic amines) is 1. The number of hydrogen-bond donors (Lipinski definition) is 1. The van der Waals surface area contributed by atoms with Crippen LogP contribution in [-0.4, -0.2) is 35.3 Å². The quantitative estimate of drug-likeness (QED) is 0.806. The van der Waals surface area contributed by atoms with Crippen molar-refractivity contribution in [3.63, 3.8) is 0 Å². The molecule has 0 saturated carbocycles. The molecule has 2 aliphatic heterocycles. The fraction of sp³-hybridized carbons (Fsp3) is 0.333. The van der Waals surface area contributed by atoms with Gasteiger partial charge in [0, 0.05) is 43.1 Å². The Balaban J connectivity index is 1.35. The summed E-state index contributed by atoms with van der Waals surface area (Å²) in [7, 11) is 0. The van der Waals surface area contributed by atoms with Crippen LogP contribution < -0.4 is 5.32 Å². The van der Waals surface area contributed by atoms with Crippen LogP contribution in [0, 0.1) is 6.92 Å². The first-order chi connectivity index (χ1) is 13.0. The van der Waals surface area contributed by atoms with Crippen LogP contribution in [0.1, 0.15) is 30.4 Å². The van der Waals surface area contributed by atoms with Gasteiger partial charge in [0.2, 0.25) is 0 Å². The van der Waals surface area contributed by atoms with Crippen molar-refractivity contribution in [1.29, 1.82) is 0 Å². The Morgan fingerprint density at radius 1 is 1.19 bits per heavy atom. The molecular formula is C21H22ClN3O2. The topological polar surface area (TPSA) is 53.9 Å². The van der Waals surface area contributed by atoms with Crippen molar-refractivity contribution < 1.29 is 9.63 Å². The third-order valence-corrected chi connectivity index (χ3v) is 5.46. The predicted molar refractivity (Wildman–Crippen MR) is 107 cm³/mol. The molecular weight excluding hydrogens is 362 g/mol. The van der Waals surface area contributed by atoms with Crippen LogP contribution in [0.4, 0.5) is 10.5 Å². The van der Waals surface area contributed by atoms with E-state index in [2.05, 4.69) is 35.6 Å². The van der Waals surface area contributed by atoms with Crippen LogP contribution in [0.3, 0.4) is 0 Å². The molecule has 0 aliphatic carbocycles. The van der Waals surface area contributed by atoms with E-state index in [1.807, 2.05) is 23.1 Å². The molecule has 1 saturated heterocycles. The second-order valence-electron chi connectivity index (χ2n) is 7.29. The van der Waals surface area contributed by atoms with Gasteiger partial charge in [-0.3, -0.25) is 0 Å². The van der Waals surface area contributed by atoms with E-state index in [-0.39, 0.29) is 11.6 Å². The third-order valence-electron chi connectivity index (χ3n) is 5.23. The fourth-order valence-corrected chi connectivity index (χ4v) is 3.85. The second kappa shape index (κ2) is 7.24. The van der Waals surface area contributed by atoms with Crippen molar-refractivity contribution in [2.24, 2.45) is 5.16 Å². The molecule has 2 heterocycles. The number of rotatable bonds is 2. The van der Waals surface area contributed by atoms with E-state index < -0.39 is 0 Å². The van der Waals surface area contributed by atoms with Gasteiger partial charge in [-0.1, -0.05) is 52.7 Å². The summed E-state index contributed by atoms with van der Waals surface area (Å²) >= 11 is 5.98. The zero-order valence-corrected chi connectivity index (χ0v) is 16.0. The van der Waals surface area contributed by atoms with Gasteiger partial charge in [0.15, 0.2) is 0 Å². The Morgan fingerprint density at radius 2 is 1.96 bits per heavy atom. The third kappa shape index (κ3) is 3.93. The molecule has 6 heteroatoms. The smallest absolute Gasteiger partial charge is 0.321 e. The van der Waals surface area contributed by atoms with E-state index >= 15 is 0 Å². The highest BCUT2D eigenvalue weighted by Crippen LogP contribution is 2.36. The van der Waals surface area contributed by atoms with Crippen molar-refractivity contribution in [1.82, 2.24) is 4.90 Å². The highest BCUT2D eigenvalue weighted by atomic mass is 35.5. The normalized spacial score (nSPS) is 18.1. The number of piperidine rings is 1. The monoisotopic (exact) mass is 383 g/mol. The van der Waals surface area contributed by atoms with E-state index in [0.29, 0.717) is 23.8 Å². The molecule has 1 spiro atoms. The number of halogens is 1. The van der Waals surface area contributed by atoms with E-state index in [0.717, 1.165) is 30.5 Å². The number of nitrogens with one attached hydrogen (secondary N) is 1. The fourth-order valence-electron chi connectivity index (χ4n) is 3.66. The molecule has 27 heavy (non-hydrogen) atoms. The first-order valence-corrected chi connectivity index (χ1v) is 9.54. The zero-order chi connectivity index (χ0) is 18.9. The molecule has 0 bridgehead atoms. The Morgan fingerprint density at radius 3 is 2.70 bits per heavy atom. The minimum absolute atomic E-state index is 0.107. The molecule has 0 unspecified atom stereocenters. The van der Waals surface area contributed by atoms with E-state index in [4.69, 9.17) is 16.4 Å². The molecule has 0 radical (unpaired) electrons. The van der Waals surface area contributed by atoms with Crippen molar-refractivity contribution in [2.75, 3.05) is 18.4 Å². The average molecular weight is 384 g/mol. The molecule has 2 aromatic carbocycles. The summed E-state index contributed by atoms with van der Waals surface area (Å²) in [6.07, 6.45) is 2.34. The van der Waals surface area contributed by atoms with Gasteiger partial charge >= 0.3 is 6.03 Å². The maximum Gasteiger partial charge on any atom is 0.321 e. The van der Waals surface area contributed by atoms with Crippen LogP contribution >= 0.6 is 11.6 Å². The molecule has 1 N–H and O–H groups in total. The summed E-state index contributed by atoms with van der Waals surface area (Å²) < 4.78 is 0. The van der Waals surface area contributed by atoms with Crippen LogP contribution in [0.15, 0.2) is 53.7 Å². The first kappa shape index (κ1) is 17.9. The van der Waals surface area contributed by atoms with E-state index in [1.54, 1.807) is 12.1 Å². The molecule has 2 aliphatic rings. The van der Waals surface area contributed by atoms with Gasteiger partial charge < -0.3 is 15.1 Å². The maximum absolute atomic E-state index is 12.5. The SMILES string of the molecule is Cc1cccc(C2=NOC3(CCN(C(=O)Nc4cccc(Cl)c4)CC3)C2)c1. The minimum atomic E-state index is -0.286. The Hall–Kier alpha value is -2.53. The van der Waals surface area contributed by atoms with Gasteiger partial charge in [-0.05, 0) is 30.7 Å². The lowest BCUT2D eigenvalue weighted by atomic mass is 9.85. The van der Waals surface area contributed by atoms with Gasteiger partial charge in [-0.25, -0.2) is 4.79 Å². The van der Waals surface area contributed by atoms with E-state index in [9.17, 15) is 4.79 Å². The summed E-state index contributed by atoms with van der Waals surface area (Å²) in [5, 5.41) is 7.86. The molecule has 0 atom stereocenters. The predicted octanol–water partition coefficient (Wildman–Crippen LogP) is 4.84. The summed E-state index contributed by atoms with van der Waals surface area (Å²) in [5.41, 5.74) is 3.74. The summed E-state index contributed by atoms with van der Waals surface area (Å²) in [5.74, 6) is 0. The molecule has 1 fully saturated rings. The highest BCUT2D eigenvalue weighted by Gasteiger charge is 2.43. The Bertz CT molecular complexity index is 889. The number of amides is 2. The van der Waals surface area contributed by atoms with E-state index in [1.165, 1.54) is 5.56 Å². The standard InChI is InChI=1S/C21H22ClN3O2/c1-15-4-2-5-16(12-15)19-14-21(27-24-19)8-10-25(11-9-21)20(26)23-18-7-3-6-17(22)13-18/h2-7,12-13H,8-11,14H2,1H3,(H,23,26). The van der Waals surface area contributed by atoms with Crippen LogP contribution in [0.2, 0.25) is 5.02 Å². The van der Waals surface area contributed by atoms with Crippen LogP contribution in [0.5, 0.6) is 0 Å². The van der Waals surface area contributed by atoms with Gasteiger partial charge in [0.05, 0.1) is 5.71 Å². The number of carbonyl (C=O) groups is 1. The van der Waals surface area contributed by atoms with Crippen molar-refractivity contribution >= 4 is 29.0 Å². The van der Waals surface area contributed by atoms with Crippen molar-refractivity contribution in [3.05, 3.63) is 64.7 Å². The second-order valence-corrected chi connectivity index (χ2v) is 7.72. The summed E-state index contributed by atoms with van der Waals surface area (Å²) in [4.78, 5) is 20.2. The van der Waals surface area contributed by atoms with Gasteiger partial charge in [0.25, 0.3) is 0 Å². The number of carbonyl (C=O) groups excluding carboxylic acids is 1. The molecule has 2 aromatic rings. The first-order valence-electron chi connectivity index (χ1n) is 9.17. The number of hydrogen-bond acceptors (Lipinski definition) is 3. The summed E-state index contributed by atoms with van der Waals surface area (Å²) in [6.45, 7) is 3.36. The lowest BCUT2D eigenvalue weighted by molar-refractivity contribution is -0.0544. The number of urea groups is 1. The molecule has 5 nitrogen and oxygen atoms in total. The number of oxime groups is 1. The van der Waals surface area contributed by atoms with Crippen molar-refractivity contribution in [3.8, 4) is 0 Å². The molecule has 0 aromatic heterocycles. The number of aryl methyl sites for hydroxylation is 1.